The van der Waals surface area contributed by atoms with Crippen LogP contribution in [-0.2, 0) is 23.2 Å². The summed E-state index contributed by atoms with van der Waals surface area (Å²) in [5.74, 6) is 6.25. The number of Topliss-reactive ketones (excluding diaryl/α,β-unsaturated/α-hetero) is 1. The van der Waals surface area contributed by atoms with E-state index in [2.05, 4.69) is 91.3 Å². The lowest BCUT2D eigenvalue weighted by atomic mass is 9.88. The van der Waals surface area contributed by atoms with Crippen LogP contribution in [0.3, 0.4) is 0 Å². The number of methoxy groups -OCH3 is 1. The third-order valence-corrected chi connectivity index (χ3v) is 13.4. The number of carbonyl (C=O) groups is 2. The highest BCUT2D eigenvalue weighted by atomic mass is 28.4. The van der Waals surface area contributed by atoms with Crippen LogP contribution < -0.4 is 0 Å². The van der Waals surface area contributed by atoms with Crippen molar-refractivity contribution in [3.05, 3.63) is 12.2 Å². The van der Waals surface area contributed by atoms with Crippen molar-refractivity contribution in [2.24, 2.45) is 11.8 Å². The van der Waals surface area contributed by atoms with Crippen LogP contribution in [0.5, 0.6) is 0 Å². The second-order valence-corrected chi connectivity index (χ2v) is 22.8. The fourth-order valence-electron chi connectivity index (χ4n) is 4.75. The Hall–Kier alpha value is -1.21. The molecule has 0 bridgehead atoms. The fourth-order valence-corrected chi connectivity index (χ4v) is 7.67. The molecule has 4 atom stereocenters. The molecule has 0 N–H and O–H groups in total. The van der Waals surface area contributed by atoms with Crippen molar-refractivity contribution >= 4 is 28.4 Å². The standard InChI is InChI=1S/C31H56O5Si2/c1-12-13-18-22-31(5,36-37(7,8)9)23-21-26-25(19-16-14-15-17-20-29(33)34-6)27(32)24-28(26)35-38(10,11)30(2,3)4/h21,23,25-26,28H,12-13,15,17-20,22,24H2,1-11H3/b23-21+/t25-,26-,28-,31+/m1/s1. The lowest BCUT2D eigenvalue weighted by Crippen LogP contribution is -2.45. The van der Waals surface area contributed by atoms with E-state index in [0.29, 0.717) is 32.1 Å². The molecule has 38 heavy (non-hydrogen) atoms. The Morgan fingerprint density at radius 3 is 2.26 bits per heavy atom. The number of ketones is 1. The van der Waals surface area contributed by atoms with Crippen molar-refractivity contribution in [2.45, 2.75) is 142 Å². The zero-order chi connectivity index (χ0) is 29.2. The molecule has 218 valence electrons. The van der Waals surface area contributed by atoms with Gasteiger partial charge in [-0.25, -0.2) is 0 Å². The second kappa shape index (κ2) is 15.0. The maximum atomic E-state index is 13.3. The monoisotopic (exact) mass is 564 g/mol. The molecule has 0 aliphatic heterocycles. The number of hydrogen-bond donors (Lipinski definition) is 0. The van der Waals surface area contributed by atoms with Crippen molar-refractivity contribution in [1.29, 1.82) is 0 Å². The predicted molar refractivity (Wildman–Crippen MR) is 163 cm³/mol. The highest BCUT2D eigenvalue weighted by molar-refractivity contribution is 6.74. The summed E-state index contributed by atoms with van der Waals surface area (Å²) in [5, 5.41) is 0.0669. The zero-order valence-corrected chi connectivity index (χ0v) is 28.3. The van der Waals surface area contributed by atoms with Gasteiger partial charge in [0.2, 0.25) is 0 Å². The molecular formula is C31H56O5Si2. The molecule has 0 spiro atoms. The van der Waals surface area contributed by atoms with E-state index in [1.807, 2.05) is 0 Å². The van der Waals surface area contributed by atoms with E-state index in [1.54, 1.807) is 0 Å². The highest BCUT2D eigenvalue weighted by Crippen LogP contribution is 2.43. The first-order valence-corrected chi connectivity index (χ1v) is 20.9. The van der Waals surface area contributed by atoms with E-state index < -0.39 is 16.6 Å². The quantitative estimate of drug-likeness (QED) is 0.0702. The number of carbonyl (C=O) groups excluding carboxylic acids is 2. The van der Waals surface area contributed by atoms with Gasteiger partial charge < -0.3 is 13.6 Å². The number of hydrogen-bond acceptors (Lipinski definition) is 5. The lowest BCUT2D eigenvalue weighted by Gasteiger charge is -2.40. The minimum absolute atomic E-state index is 0.0169. The molecule has 0 aromatic rings. The van der Waals surface area contributed by atoms with Crippen LogP contribution >= 0.6 is 0 Å². The van der Waals surface area contributed by atoms with Crippen LogP contribution in [0.25, 0.3) is 0 Å². The summed E-state index contributed by atoms with van der Waals surface area (Å²) in [6, 6.07) is 0. The van der Waals surface area contributed by atoms with Gasteiger partial charge in [0.05, 0.1) is 18.8 Å². The molecule has 1 saturated carbocycles. The van der Waals surface area contributed by atoms with E-state index in [0.717, 1.165) is 12.8 Å². The van der Waals surface area contributed by atoms with Gasteiger partial charge in [0.15, 0.2) is 16.6 Å². The van der Waals surface area contributed by atoms with Crippen molar-refractivity contribution in [2.75, 3.05) is 7.11 Å². The van der Waals surface area contributed by atoms with Crippen molar-refractivity contribution in [3.63, 3.8) is 0 Å². The molecule has 5 nitrogen and oxygen atoms in total. The topological polar surface area (TPSA) is 61.8 Å². The van der Waals surface area contributed by atoms with Crippen molar-refractivity contribution in [3.8, 4) is 11.8 Å². The van der Waals surface area contributed by atoms with Gasteiger partial charge in [-0.3, -0.25) is 9.59 Å². The van der Waals surface area contributed by atoms with Crippen molar-refractivity contribution < 1.29 is 23.2 Å². The van der Waals surface area contributed by atoms with Crippen LogP contribution in [0.1, 0.15) is 92.4 Å². The van der Waals surface area contributed by atoms with Crippen LogP contribution in [0.15, 0.2) is 12.2 Å². The minimum atomic E-state index is -2.06. The van der Waals surface area contributed by atoms with Crippen LogP contribution in [-0.4, -0.2) is 47.2 Å². The first-order valence-electron chi connectivity index (χ1n) is 14.6. The number of unbranched alkanes of at least 4 members (excludes halogenated alkanes) is 3. The summed E-state index contributed by atoms with van der Waals surface area (Å²) < 4.78 is 18.3. The minimum Gasteiger partial charge on any atom is -0.469 e. The van der Waals surface area contributed by atoms with Gasteiger partial charge in [0, 0.05) is 37.5 Å². The molecule has 0 radical (unpaired) electrons. The van der Waals surface area contributed by atoms with E-state index in [-0.39, 0.29) is 40.3 Å². The largest absolute Gasteiger partial charge is 0.469 e. The van der Waals surface area contributed by atoms with Crippen LogP contribution in [0.4, 0.5) is 0 Å². The molecule has 7 heteroatoms. The van der Waals surface area contributed by atoms with Gasteiger partial charge in [-0.05, 0) is 57.5 Å². The summed E-state index contributed by atoms with van der Waals surface area (Å²) in [7, 11) is -2.44. The lowest BCUT2D eigenvalue weighted by molar-refractivity contribution is -0.140. The molecule has 1 fully saturated rings. The summed E-state index contributed by atoms with van der Waals surface area (Å²) >= 11 is 0. The highest BCUT2D eigenvalue weighted by Gasteiger charge is 2.47. The average molecular weight is 565 g/mol. The number of ether oxygens (including phenoxy) is 1. The molecular weight excluding hydrogens is 509 g/mol. The molecule has 0 heterocycles. The van der Waals surface area contributed by atoms with E-state index >= 15 is 0 Å². The summed E-state index contributed by atoms with van der Waals surface area (Å²) in [5.41, 5.74) is -0.350. The molecule has 1 aliphatic rings. The smallest absolute Gasteiger partial charge is 0.305 e. The average Bonchev–Trinajstić information content (AvgIpc) is 3.05. The molecule has 0 saturated heterocycles. The third kappa shape index (κ3) is 11.9. The Morgan fingerprint density at radius 2 is 1.71 bits per heavy atom. The first-order chi connectivity index (χ1) is 17.4. The molecule has 0 aromatic carbocycles. The third-order valence-electron chi connectivity index (χ3n) is 7.81. The predicted octanol–water partition coefficient (Wildman–Crippen LogP) is 8.07. The Morgan fingerprint density at radius 1 is 1.05 bits per heavy atom. The number of rotatable bonds is 14. The molecule has 1 rings (SSSR count). The normalized spacial score (nSPS) is 22.3. The van der Waals surface area contributed by atoms with Gasteiger partial charge in [-0.2, -0.15) is 0 Å². The van der Waals surface area contributed by atoms with Gasteiger partial charge in [0.1, 0.15) is 5.78 Å². The van der Waals surface area contributed by atoms with E-state index in [1.165, 1.54) is 20.0 Å². The van der Waals surface area contributed by atoms with Crippen LogP contribution in [0, 0.1) is 23.7 Å². The molecule has 0 unspecified atom stereocenters. The maximum Gasteiger partial charge on any atom is 0.305 e. The summed E-state index contributed by atoms with van der Waals surface area (Å²) in [6.07, 6.45) is 11.4. The molecule has 0 aromatic heterocycles. The van der Waals surface area contributed by atoms with Crippen molar-refractivity contribution in [1.82, 2.24) is 0 Å². The van der Waals surface area contributed by atoms with Gasteiger partial charge in [0.25, 0.3) is 0 Å². The number of esters is 1. The summed E-state index contributed by atoms with van der Waals surface area (Å²) in [4.78, 5) is 24.6. The Kier molecular flexibility index (Phi) is 13.7. The van der Waals surface area contributed by atoms with Gasteiger partial charge in [-0.1, -0.05) is 59.1 Å². The van der Waals surface area contributed by atoms with E-state index in [4.69, 9.17) is 13.6 Å². The SMILES string of the molecule is CCCCC[C@@](C)(/C=C/[C@H]1[C@H](O[Si](C)(C)C(C)(C)C)CC(=O)[C@@H]1CC#CCCCC(=O)OC)O[Si](C)(C)C. The Balaban J connectivity index is 3.22. The second-order valence-electron chi connectivity index (χ2n) is 13.6. The molecule has 0 amide bonds. The van der Waals surface area contributed by atoms with Crippen LogP contribution in [0.2, 0.25) is 37.8 Å². The first kappa shape index (κ1) is 34.8. The fraction of sp³-hybridized carbons (Fsp3) is 0.806. The van der Waals surface area contributed by atoms with Gasteiger partial charge in [-0.15, -0.1) is 11.8 Å². The Labute approximate surface area is 236 Å². The Bertz CT molecular complexity index is 856. The maximum absolute atomic E-state index is 13.3. The van der Waals surface area contributed by atoms with Gasteiger partial charge >= 0.3 is 5.97 Å². The zero-order valence-electron chi connectivity index (χ0n) is 26.3. The van der Waals surface area contributed by atoms with E-state index in [9.17, 15) is 9.59 Å². The summed E-state index contributed by atoms with van der Waals surface area (Å²) in [6.45, 7) is 22.4. The molecule has 1 aliphatic carbocycles.